The maximum atomic E-state index is 4.98. The first-order valence-electron chi connectivity index (χ1n) is 8.28. The lowest BCUT2D eigenvalue weighted by atomic mass is 9.88. The van der Waals surface area contributed by atoms with E-state index < -0.39 is 0 Å². The molecule has 0 aromatic heterocycles. The predicted molar refractivity (Wildman–Crippen MR) is 107 cm³/mol. The number of halogens is 1. The summed E-state index contributed by atoms with van der Waals surface area (Å²) < 4.78 is 1.11. The van der Waals surface area contributed by atoms with Crippen LogP contribution in [-0.2, 0) is 6.54 Å². The summed E-state index contributed by atoms with van der Waals surface area (Å²) in [7, 11) is 0. The van der Waals surface area contributed by atoms with Crippen LogP contribution in [-0.4, -0.2) is 22.9 Å². The third-order valence-corrected chi connectivity index (χ3v) is 6.14. The van der Waals surface area contributed by atoms with Crippen molar-refractivity contribution in [1.29, 1.82) is 0 Å². The van der Waals surface area contributed by atoms with Gasteiger partial charge in [-0.15, -0.1) is 0 Å². The van der Waals surface area contributed by atoms with E-state index in [4.69, 9.17) is 4.99 Å². The van der Waals surface area contributed by atoms with Gasteiger partial charge in [0.1, 0.15) is 5.84 Å². The maximum absolute atomic E-state index is 4.98. The molecule has 2 aliphatic rings. The summed E-state index contributed by atoms with van der Waals surface area (Å²) in [6, 6.07) is 16.8. The van der Waals surface area contributed by atoms with Gasteiger partial charge in [0.05, 0.1) is 16.9 Å². The molecular formula is C19H20BrN3S. The summed E-state index contributed by atoms with van der Waals surface area (Å²) in [6.07, 6.45) is 2.21. The van der Waals surface area contributed by atoms with Crippen molar-refractivity contribution in [2.45, 2.75) is 24.9 Å². The summed E-state index contributed by atoms with van der Waals surface area (Å²) in [6.45, 7) is 0.789. The lowest BCUT2D eigenvalue weighted by Gasteiger charge is -2.42. The monoisotopic (exact) mass is 401 g/mol. The number of hydrogen-bond acceptors (Lipinski definition) is 4. The van der Waals surface area contributed by atoms with Crippen molar-refractivity contribution in [3.05, 3.63) is 58.6 Å². The molecule has 3 nitrogen and oxygen atoms in total. The van der Waals surface area contributed by atoms with Crippen LogP contribution in [0.5, 0.6) is 0 Å². The fourth-order valence-corrected chi connectivity index (χ4v) is 4.98. The van der Waals surface area contributed by atoms with E-state index in [0.29, 0.717) is 0 Å². The standard InChI is InChI=1S/C19H20BrN3S/c20-15-5-3-4-14(12-15)13-21-18-19(8-10-24-11-9-19)23-17-7-2-1-6-16(17)22-18/h1-7,12,23H,8-11,13H2,(H,21,22). The van der Waals surface area contributed by atoms with E-state index in [2.05, 4.69) is 69.0 Å². The fourth-order valence-electron chi connectivity index (χ4n) is 3.34. The minimum Gasteiger partial charge on any atom is -0.371 e. The van der Waals surface area contributed by atoms with Crippen molar-refractivity contribution in [3.8, 4) is 0 Å². The molecule has 0 saturated carbocycles. The molecule has 4 rings (SSSR count). The highest BCUT2D eigenvalue weighted by molar-refractivity contribution is 9.10. The van der Waals surface area contributed by atoms with Crippen molar-refractivity contribution in [2.75, 3.05) is 16.8 Å². The van der Waals surface area contributed by atoms with Gasteiger partial charge in [0.2, 0.25) is 0 Å². The molecule has 2 heterocycles. The first-order valence-corrected chi connectivity index (χ1v) is 10.2. The molecule has 0 radical (unpaired) electrons. The number of thioether (sulfide) groups is 1. The molecule has 0 amide bonds. The van der Waals surface area contributed by atoms with Crippen molar-refractivity contribution in [3.63, 3.8) is 0 Å². The molecule has 1 spiro atoms. The lowest BCUT2D eigenvalue weighted by molar-refractivity contribution is 0.543. The fraction of sp³-hybridized carbons (Fsp3) is 0.316. The molecule has 0 aliphatic carbocycles. The molecule has 2 aliphatic heterocycles. The maximum Gasteiger partial charge on any atom is 0.128 e. The first kappa shape index (κ1) is 16.0. The van der Waals surface area contributed by atoms with Crippen LogP contribution in [0.1, 0.15) is 18.4 Å². The van der Waals surface area contributed by atoms with Gasteiger partial charge in [-0.1, -0.05) is 40.2 Å². The van der Waals surface area contributed by atoms with E-state index >= 15 is 0 Å². The first-order chi connectivity index (χ1) is 11.8. The van der Waals surface area contributed by atoms with Crippen LogP contribution < -0.4 is 10.6 Å². The summed E-state index contributed by atoms with van der Waals surface area (Å²) in [5.41, 5.74) is 3.38. The minimum absolute atomic E-state index is 0.0500. The van der Waals surface area contributed by atoms with Crippen molar-refractivity contribution in [2.24, 2.45) is 4.99 Å². The van der Waals surface area contributed by atoms with Crippen LogP contribution in [0.25, 0.3) is 0 Å². The Hall–Kier alpha value is -1.46. The van der Waals surface area contributed by atoms with Crippen LogP contribution in [0.15, 0.2) is 58.0 Å². The predicted octanol–water partition coefficient (Wildman–Crippen LogP) is 4.96. The normalized spacial score (nSPS) is 18.5. The Bertz CT molecular complexity index is 769. The van der Waals surface area contributed by atoms with E-state index in [9.17, 15) is 0 Å². The Balaban J connectivity index is 1.63. The van der Waals surface area contributed by atoms with E-state index in [1.54, 1.807) is 0 Å². The molecule has 2 aromatic carbocycles. The SMILES string of the molecule is Brc1cccc(CNC2=Nc3ccccc3NC23CCSCC3)c1. The Morgan fingerprint density at radius 3 is 2.79 bits per heavy atom. The third kappa shape index (κ3) is 3.20. The second-order valence-electron chi connectivity index (χ2n) is 6.28. The molecule has 1 fully saturated rings. The summed E-state index contributed by atoms with van der Waals surface area (Å²) in [5.74, 6) is 3.43. The molecule has 0 bridgehead atoms. The van der Waals surface area contributed by atoms with Gasteiger partial charge < -0.3 is 10.6 Å². The average Bonchev–Trinajstić information content (AvgIpc) is 2.61. The van der Waals surface area contributed by atoms with Crippen molar-refractivity contribution < 1.29 is 0 Å². The van der Waals surface area contributed by atoms with Gasteiger partial charge in [-0.2, -0.15) is 11.8 Å². The van der Waals surface area contributed by atoms with Gasteiger partial charge in [0, 0.05) is 11.0 Å². The average molecular weight is 402 g/mol. The molecule has 0 unspecified atom stereocenters. The molecule has 5 heteroatoms. The molecule has 2 aromatic rings. The van der Waals surface area contributed by atoms with Gasteiger partial charge in [-0.25, -0.2) is 4.99 Å². The highest BCUT2D eigenvalue weighted by atomic mass is 79.9. The quantitative estimate of drug-likeness (QED) is 0.746. The zero-order chi connectivity index (χ0) is 16.4. The van der Waals surface area contributed by atoms with Gasteiger partial charge in [0.15, 0.2) is 0 Å². The number of hydrogen-bond donors (Lipinski definition) is 2. The largest absolute Gasteiger partial charge is 0.371 e. The van der Waals surface area contributed by atoms with Crippen molar-refractivity contribution in [1.82, 2.24) is 5.32 Å². The highest BCUT2D eigenvalue weighted by Gasteiger charge is 2.40. The number of nitrogens with one attached hydrogen (secondary N) is 2. The summed E-state index contributed by atoms with van der Waals surface area (Å²) in [5, 5.41) is 7.42. The van der Waals surface area contributed by atoms with Gasteiger partial charge in [0.25, 0.3) is 0 Å². The zero-order valence-corrected chi connectivity index (χ0v) is 15.8. The molecule has 124 valence electrons. The molecule has 0 atom stereocenters. The van der Waals surface area contributed by atoms with Gasteiger partial charge in [-0.05, 0) is 54.2 Å². The van der Waals surface area contributed by atoms with E-state index in [1.165, 1.54) is 17.1 Å². The molecular weight excluding hydrogens is 382 g/mol. The second-order valence-corrected chi connectivity index (χ2v) is 8.42. The number of para-hydroxylation sites is 2. The van der Waals surface area contributed by atoms with E-state index in [1.807, 2.05) is 17.8 Å². The highest BCUT2D eigenvalue weighted by Crippen LogP contribution is 2.39. The Morgan fingerprint density at radius 2 is 1.96 bits per heavy atom. The number of nitrogens with zero attached hydrogens (tertiary/aromatic N) is 1. The van der Waals surface area contributed by atoms with Crippen LogP contribution in [0.2, 0.25) is 0 Å². The molecule has 2 N–H and O–H groups in total. The number of anilines is 1. The van der Waals surface area contributed by atoms with E-state index in [-0.39, 0.29) is 5.54 Å². The third-order valence-electron chi connectivity index (χ3n) is 4.66. The number of benzene rings is 2. The smallest absolute Gasteiger partial charge is 0.128 e. The van der Waals surface area contributed by atoms with Crippen LogP contribution >= 0.6 is 27.7 Å². The number of aliphatic imine (C=N–C) groups is 1. The van der Waals surface area contributed by atoms with Crippen molar-refractivity contribution >= 4 is 44.9 Å². The van der Waals surface area contributed by atoms with Gasteiger partial charge >= 0.3 is 0 Å². The lowest BCUT2D eigenvalue weighted by Crippen LogP contribution is -2.55. The van der Waals surface area contributed by atoms with Crippen LogP contribution in [0.4, 0.5) is 11.4 Å². The van der Waals surface area contributed by atoms with Crippen LogP contribution in [0.3, 0.4) is 0 Å². The zero-order valence-electron chi connectivity index (χ0n) is 13.4. The molecule has 1 saturated heterocycles. The Morgan fingerprint density at radius 1 is 1.12 bits per heavy atom. The number of amidine groups is 1. The topological polar surface area (TPSA) is 36.4 Å². The Labute approximate surface area is 155 Å². The summed E-state index contributed by atoms with van der Waals surface area (Å²) in [4.78, 5) is 4.98. The Kier molecular flexibility index (Phi) is 4.55. The second kappa shape index (κ2) is 6.81. The number of rotatable bonds is 2. The van der Waals surface area contributed by atoms with Gasteiger partial charge in [-0.3, -0.25) is 0 Å². The van der Waals surface area contributed by atoms with E-state index in [0.717, 1.165) is 41.1 Å². The van der Waals surface area contributed by atoms with Crippen LogP contribution in [0, 0.1) is 0 Å². The minimum atomic E-state index is -0.0500. The molecule has 24 heavy (non-hydrogen) atoms. The summed E-state index contributed by atoms with van der Waals surface area (Å²) >= 11 is 5.58. The number of fused-ring (bicyclic) bond motifs is 1.